The molecule has 3 N–H and O–H groups in total. The molecule has 7 nitrogen and oxygen atoms in total. The summed E-state index contributed by atoms with van der Waals surface area (Å²) < 4.78 is 1.88. The molecule has 0 saturated heterocycles. The van der Waals surface area contributed by atoms with E-state index in [0.29, 0.717) is 17.9 Å². The predicted molar refractivity (Wildman–Crippen MR) is 121 cm³/mol. The van der Waals surface area contributed by atoms with Gasteiger partial charge in [0.25, 0.3) is 5.91 Å². The van der Waals surface area contributed by atoms with Crippen LogP contribution in [0.25, 0.3) is 22.3 Å². The van der Waals surface area contributed by atoms with Gasteiger partial charge < -0.3 is 10.3 Å². The van der Waals surface area contributed by atoms with E-state index in [0.717, 1.165) is 28.7 Å². The fourth-order valence-electron chi connectivity index (χ4n) is 3.76. The van der Waals surface area contributed by atoms with Crippen molar-refractivity contribution in [2.24, 2.45) is 0 Å². The Labute approximate surface area is 179 Å². The van der Waals surface area contributed by atoms with Gasteiger partial charge in [-0.05, 0) is 23.6 Å². The smallest absolute Gasteiger partial charge is 0.259 e. The first kappa shape index (κ1) is 18.9. The van der Waals surface area contributed by atoms with Crippen LogP contribution in [0.2, 0.25) is 0 Å². The quantitative estimate of drug-likeness (QED) is 0.381. The maximum atomic E-state index is 12.8. The Bertz CT molecular complexity index is 1340. The summed E-state index contributed by atoms with van der Waals surface area (Å²) in [5, 5.41) is 15.6. The molecule has 31 heavy (non-hydrogen) atoms. The van der Waals surface area contributed by atoms with E-state index in [4.69, 9.17) is 0 Å². The van der Waals surface area contributed by atoms with Crippen molar-refractivity contribution in [1.82, 2.24) is 25.0 Å². The van der Waals surface area contributed by atoms with Crippen LogP contribution in [0.1, 0.15) is 28.4 Å². The number of hydrogen-bond donors (Lipinski definition) is 3. The molecule has 1 amide bonds. The third-order valence-corrected chi connectivity index (χ3v) is 5.35. The zero-order valence-electron chi connectivity index (χ0n) is 17.1. The average Bonchev–Trinajstić information content (AvgIpc) is 3.53. The first-order valence-electron chi connectivity index (χ1n) is 10.2. The normalized spacial score (nSPS) is 11.1. The molecule has 3 heterocycles. The van der Waals surface area contributed by atoms with Gasteiger partial charge in [0.2, 0.25) is 0 Å². The number of carbonyl (C=O) groups excluding carboxylic acids is 1. The number of hydrogen-bond acceptors (Lipinski definition) is 3. The first-order valence-corrected chi connectivity index (χ1v) is 10.2. The van der Waals surface area contributed by atoms with Crippen LogP contribution >= 0.6 is 0 Å². The largest absolute Gasteiger partial charge is 0.360 e. The molecule has 0 fully saturated rings. The molecular weight excluding hydrogens is 388 g/mol. The lowest BCUT2D eigenvalue weighted by Gasteiger charge is -2.02. The molecule has 0 saturated carbocycles. The lowest BCUT2D eigenvalue weighted by Crippen LogP contribution is -2.11. The highest BCUT2D eigenvalue weighted by molar-refractivity contribution is 6.13. The van der Waals surface area contributed by atoms with E-state index in [1.807, 2.05) is 47.3 Å². The number of nitrogens with zero attached hydrogens (tertiary/aromatic N) is 3. The van der Waals surface area contributed by atoms with Gasteiger partial charge in [0.15, 0.2) is 5.82 Å². The van der Waals surface area contributed by atoms with E-state index < -0.39 is 0 Å². The molecule has 0 spiro atoms. The number of amides is 1. The molecule has 0 unspecified atom stereocenters. The third kappa shape index (κ3) is 3.73. The van der Waals surface area contributed by atoms with Gasteiger partial charge >= 0.3 is 0 Å². The van der Waals surface area contributed by atoms with E-state index in [1.165, 1.54) is 11.1 Å². The Morgan fingerprint density at radius 1 is 1.10 bits per heavy atom. The molecule has 154 valence electrons. The number of benzene rings is 2. The summed E-state index contributed by atoms with van der Waals surface area (Å²) in [7, 11) is 0. The monoisotopic (exact) mass is 410 g/mol. The first-order chi connectivity index (χ1) is 15.2. The molecule has 0 aliphatic heterocycles. The number of aromatic nitrogens is 5. The number of aryl methyl sites for hydroxylation is 1. The van der Waals surface area contributed by atoms with Crippen molar-refractivity contribution in [2.75, 3.05) is 5.32 Å². The van der Waals surface area contributed by atoms with Crippen molar-refractivity contribution in [2.45, 2.75) is 19.9 Å². The number of fused-ring (bicyclic) bond motifs is 1. The molecule has 3 aromatic heterocycles. The van der Waals surface area contributed by atoms with Gasteiger partial charge in [-0.2, -0.15) is 10.2 Å². The van der Waals surface area contributed by atoms with Crippen LogP contribution < -0.4 is 5.32 Å². The van der Waals surface area contributed by atoms with Gasteiger partial charge in [-0.3, -0.25) is 14.6 Å². The van der Waals surface area contributed by atoms with Crippen molar-refractivity contribution >= 4 is 22.6 Å². The van der Waals surface area contributed by atoms with Crippen molar-refractivity contribution in [3.63, 3.8) is 0 Å². The van der Waals surface area contributed by atoms with E-state index >= 15 is 0 Å². The molecule has 0 aliphatic carbocycles. The number of H-pyrrole nitrogens is 2. The van der Waals surface area contributed by atoms with Gasteiger partial charge in [0.1, 0.15) is 5.69 Å². The van der Waals surface area contributed by atoms with Gasteiger partial charge in [-0.25, -0.2) is 0 Å². The van der Waals surface area contributed by atoms with Crippen molar-refractivity contribution in [1.29, 1.82) is 0 Å². The SMILES string of the molecule is CCc1cccc2c(C(=O)Nc3cc(-c4ccn(Cc5ccccc5)n4)[nH]n3)c[nH]c12. The molecule has 0 radical (unpaired) electrons. The van der Waals surface area contributed by atoms with Gasteiger partial charge in [-0.15, -0.1) is 0 Å². The summed E-state index contributed by atoms with van der Waals surface area (Å²) in [6, 6.07) is 19.9. The topological polar surface area (TPSA) is 91.4 Å². The van der Waals surface area contributed by atoms with Crippen LogP contribution in [0.3, 0.4) is 0 Å². The second-order valence-electron chi connectivity index (χ2n) is 7.40. The van der Waals surface area contributed by atoms with Crippen molar-refractivity contribution in [3.05, 3.63) is 89.7 Å². The fraction of sp³-hybridized carbons (Fsp3) is 0.125. The van der Waals surface area contributed by atoms with Crippen LogP contribution in [0.4, 0.5) is 5.82 Å². The summed E-state index contributed by atoms with van der Waals surface area (Å²) in [4.78, 5) is 16.1. The summed E-state index contributed by atoms with van der Waals surface area (Å²) in [6.07, 6.45) is 4.58. The standard InChI is InChI=1S/C24H22N6O/c1-2-17-9-6-10-18-19(14-25-23(17)18)24(31)26-22-13-21(27-28-22)20-11-12-30(29-20)15-16-7-4-3-5-8-16/h3-14,25H,2,15H2,1H3,(H2,26,27,28,31). The summed E-state index contributed by atoms with van der Waals surface area (Å²) in [5.74, 6) is 0.255. The third-order valence-electron chi connectivity index (χ3n) is 5.35. The zero-order valence-corrected chi connectivity index (χ0v) is 17.1. The zero-order chi connectivity index (χ0) is 21.2. The highest BCUT2D eigenvalue weighted by Crippen LogP contribution is 2.24. The predicted octanol–water partition coefficient (Wildman–Crippen LogP) is 4.62. The maximum Gasteiger partial charge on any atom is 0.259 e. The van der Waals surface area contributed by atoms with Crippen molar-refractivity contribution < 1.29 is 4.79 Å². The van der Waals surface area contributed by atoms with Gasteiger partial charge in [-0.1, -0.05) is 55.5 Å². The highest BCUT2D eigenvalue weighted by Gasteiger charge is 2.15. The minimum Gasteiger partial charge on any atom is -0.360 e. The second kappa shape index (κ2) is 7.95. The fourth-order valence-corrected chi connectivity index (χ4v) is 3.76. The van der Waals surface area contributed by atoms with Crippen LogP contribution in [-0.4, -0.2) is 30.9 Å². The van der Waals surface area contributed by atoms with Crippen molar-refractivity contribution in [3.8, 4) is 11.4 Å². The number of para-hydroxylation sites is 1. The lowest BCUT2D eigenvalue weighted by atomic mass is 10.1. The summed E-state index contributed by atoms with van der Waals surface area (Å²) in [5.41, 5.74) is 5.48. The van der Waals surface area contributed by atoms with Crippen LogP contribution in [0.5, 0.6) is 0 Å². The maximum absolute atomic E-state index is 12.8. The van der Waals surface area contributed by atoms with Crippen LogP contribution in [0, 0.1) is 0 Å². The molecule has 2 aromatic carbocycles. The van der Waals surface area contributed by atoms with E-state index in [9.17, 15) is 4.79 Å². The molecule has 0 bridgehead atoms. The number of nitrogens with one attached hydrogen (secondary N) is 3. The molecule has 5 rings (SSSR count). The minimum atomic E-state index is -0.202. The second-order valence-corrected chi connectivity index (χ2v) is 7.40. The minimum absolute atomic E-state index is 0.202. The van der Waals surface area contributed by atoms with E-state index in [1.54, 1.807) is 12.3 Å². The Balaban J connectivity index is 1.32. The van der Waals surface area contributed by atoms with Gasteiger partial charge in [0.05, 0.1) is 17.8 Å². The number of aromatic amines is 2. The Kier molecular flexibility index (Phi) is 4.84. The molecular formula is C24H22N6O. The molecule has 7 heteroatoms. The Hall–Kier alpha value is -4.13. The van der Waals surface area contributed by atoms with Crippen LogP contribution in [-0.2, 0) is 13.0 Å². The highest BCUT2D eigenvalue weighted by atomic mass is 16.1. The Morgan fingerprint density at radius 2 is 1.97 bits per heavy atom. The molecule has 0 atom stereocenters. The van der Waals surface area contributed by atoms with E-state index in [-0.39, 0.29) is 5.91 Å². The number of rotatable bonds is 6. The summed E-state index contributed by atoms with van der Waals surface area (Å²) in [6.45, 7) is 2.79. The van der Waals surface area contributed by atoms with Gasteiger partial charge in [0, 0.05) is 29.4 Å². The lowest BCUT2D eigenvalue weighted by molar-refractivity contribution is 0.102. The number of anilines is 1. The molecule has 5 aromatic rings. The average molecular weight is 410 g/mol. The molecule has 0 aliphatic rings. The Morgan fingerprint density at radius 3 is 2.81 bits per heavy atom. The summed E-state index contributed by atoms with van der Waals surface area (Å²) >= 11 is 0. The van der Waals surface area contributed by atoms with E-state index in [2.05, 4.69) is 50.7 Å². The number of carbonyl (C=O) groups is 1. The van der Waals surface area contributed by atoms with Crippen LogP contribution in [0.15, 0.2) is 73.1 Å².